The van der Waals surface area contributed by atoms with Crippen LogP contribution in [0, 0.1) is 0 Å². The molecule has 0 aromatic heterocycles. The molecule has 2 aromatic carbocycles. The topological polar surface area (TPSA) is 55.9 Å². The van der Waals surface area contributed by atoms with E-state index < -0.39 is 0 Å². The number of hydrogen-bond acceptors (Lipinski definition) is 5. The van der Waals surface area contributed by atoms with Crippen LogP contribution in [0.5, 0.6) is 0 Å². The predicted octanol–water partition coefficient (Wildman–Crippen LogP) is 4.24. The number of thioether (sulfide) groups is 1. The van der Waals surface area contributed by atoms with E-state index in [4.69, 9.17) is 0 Å². The normalized spacial score (nSPS) is 14.6. The van der Waals surface area contributed by atoms with Gasteiger partial charge in [0.1, 0.15) is 0 Å². The summed E-state index contributed by atoms with van der Waals surface area (Å²) >= 11 is 1.16. The molecule has 30 heavy (non-hydrogen) atoms. The average molecular weight is 427 g/mol. The van der Waals surface area contributed by atoms with Crippen molar-refractivity contribution in [2.24, 2.45) is 0 Å². The second-order valence-electron chi connectivity index (χ2n) is 7.90. The van der Waals surface area contributed by atoms with Gasteiger partial charge in [0, 0.05) is 68.1 Å². The van der Waals surface area contributed by atoms with Crippen molar-refractivity contribution in [1.82, 2.24) is 9.80 Å². The molecule has 0 unspecified atom stereocenters. The maximum atomic E-state index is 12.6. The Bertz CT molecular complexity index is 858. The summed E-state index contributed by atoms with van der Waals surface area (Å²) in [6, 6.07) is 15.7. The van der Waals surface area contributed by atoms with Crippen LogP contribution in [0.2, 0.25) is 0 Å². The van der Waals surface area contributed by atoms with Gasteiger partial charge >= 0.3 is 0 Å². The third-order valence-corrected chi connectivity index (χ3v) is 6.27. The molecule has 160 valence electrons. The molecule has 1 saturated heterocycles. The Kier molecular flexibility index (Phi) is 7.39. The Balaban J connectivity index is 1.55. The number of carbonyl (C=O) groups is 2. The summed E-state index contributed by atoms with van der Waals surface area (Å²) in [5.41, 5.74) is 2.48. The molecular formula is C23H30N4O2S. The highest BCUT2D eigenvalue weighted by molar-refractivity contribution is 8.13. The number of nitrogens with one attached hydrogen (secondary N) is 1. The Morgan fingerprint density at radius 2 is 1.53 bits per heavy atom. The van der Waals surface area contributed by atoms with Crippen LogP contribution in [0.25, 0.3) is 0 Å². The number of piperazine rings is 1. The number of carbonyl (C=O) groups excluding carboxylic acids is 2. The molecule has 0 aliphatic carbocycles. The van der Waals surface area contributed by atoms with Crippen LogP contribution >= 0.6 is 11.8 Å². The predicted molar refractivity (Wildman–Crippen MR) is 125 cm³/mol. The van der Waals surface area contributed by atoms with Crippen molar-refractivity contribution < 1.29 is 9.59 Å². The van der Waals surface area contributed by atoms with Gasteiger partial charge in [0.2, 0.25) is 0 Å². The van der Waals surface area contributed by atoms with Gasteiger partial charge in [-0.2, -0.15) is 0 Å². The molecule has 1 aliphatic rings. The van der Waals surface area contributed by atoms with E-state index in [9.17, 15) is 9.59 Å². The molecular weight excluding hydrogens is 396 g/mol. The third-order valence-electron chi connectivity index (χ3n) is 5.22. The van der Waals surface area contributed by atoms with Gasteiger partial charge in [-0.15, -0.1) is 0 Å². The summed E-state index contributed by atoms with van der Waals surface area (Å²) in [4.78, 5) is 31.6. The fourth-order valence-electron chi connectivity index (χ4n) is 3.32. The number of amides is 2. The fourth-order valence-corrected chi connectivity index (χ4v) is 3.98. The highest BCUT2D eigenvalue weighted by atomic mass is 32.2. The molecule has 0 bridgehead atoms. The monoisotopic (exact) mass is 426 g/mol. The molecule has 7 heteroatoms. The summed E-state index contributed by atoms with van der Waals surface area (Å²) in [7, 11) is 3.45. The lowest BCUT2D eigenvalue weighted by atomic mass is 10.1. The van der Waals surface area contributed by atoms with Gasteiger partial charge in [-0.05, 0) is 74.1 Å². The second kappa shape index (κ2) is 10.00. The number of benzene rings is 2. The molecule has 0 atom stereocenters. The SMILES string of the molecule is CC(C)N1CCN(c2ccc(C(=O)Nc3ccc(SC(=O)N(C)C)cc3)cc2)CC1. The fraction of sp³-hybridized carbons (Fsp3) is 0.391. The molecule has 2 aromatic rings. The van der Waals surface area contributed by atoms with Crippen molar-refractivity contribution in [2.75, 3.05) is 50.5 Å². The van der Waals surface area contributed by atoms with E-state index in [1.54, 1.807) is 14.1 Å². The van der Waals surface area contributed by atoms with Gasteiger partial charge in [0.25, 0.3) is 11.1 Å². The van der Waals surface area contributed by atoms with E-state index in [1.165, 1.54) is 4.90 Å². The first-order valence-electron chi connectivity index (χ1n) is 10.2. The minimum absolute atomic E-state index is 0.0301. The van der Waals surface area contributed by atoms with Crippen molar-refractivity contribution >= 4 is 34.3 Å². The third kappa shape index (κ3) is 5.77. The van der Waals surface area contributed by atoms with Crippen LogP contribution in [0.3, 0.4) is 0 Å². The Hall–Kier alpha value is -2.51. The van der Waals surface area contributed by atoms with Gasteiger partial charge in [-0.25, -0.2) is 0 Å². The Labute approximate surface area is 183 Å². The lowest BCUT2D eigenvalue weighted by Gasteiger charge is -2.38. The largest absolute Gasteiger partial charge is 0.369 e. The Morgan fingerprint density at radius 3 is 2.07 bits per heavy atom. The van der Waals surface area contributed by atoms with Crippen molar-refractivity contribution in [3.63, 3.8) is 0 Å². The zero-order chi connectivity index (χ0) is 21.7. The van der Waals surface area contributed by atoms with E-state index in [1.807, 2.05) is 48.5 Å². The average Bonchev–Trinajstić information content (AvgIpc) is 2.75. The smallest absolute Gasteiger partial charge is 0.285 e. The number of anilines is 2. The molecule has 1 fully saturated rings. The standard InChI is InChI=1S/C23H30N4O2S/c1-17(2)26-13-15-27(16-14-26)20-9-5-18(6-10-20)22(28)24-19-7-11-21(12-8-19)30-23(29)25(3)4/h5-12,17H,13-16H2,1-4H3,(H,24,28). The maximum absolute atomic E-state index is 12.6. The first-order valence-corrected chi connectivity index (χ1v) is 11.0. The Morgan fingerprint density at radius 1 is 0.933 bits per heavy atom. The minimum atomic E-state index is -0.143. The van der Waals surface area contributed by atoms with E-state index in [2.05, 4.69) is 29.0 Å². The molecule has 0 saturated carbocycles. The van der Waals surface area contributed by atoms with Gasteiger partial charge < -0.3 is 15.1 Å². The van der Waals surface area contributed by atoms with Gasteiger partial charge in [0.05, 0.1) is 0 Å². The molecule has 1 aliphatic heterocycles. The van der Waals surface area contributed by atoms with Crippen molar-refractivity contribution in [3.8, 4) is 0 Å². The zero-order valence-corrected chi connectivity index (χ0v) is 18.9. The molecule has 1 heterocycles. The summed E-state index contributed by atoms with van der Waals surface area (Å²) in [5.74, 6) is -0.143. The molecule has 6 nitrogen and oxygen atoms in total. The summed E-state index contributed by atoms with van der Waals surface area (Å²) in [6.45, 7) is 8.61. The first kappa shape index (κ1) is 22.2. The van der Waals surface area contributed by atoms with E-state index >= 15 is 0 Å². The van der Waals surface area contributed by atoms with Crippen molar-refractivity contribution in [2.45, 2.75) is 24.8 Å². The molecule has 0 radical (unpaired) electrons. The van der Waals surface area contributed by atoms with Gasteiger partial charge in [-0.3, -0.25) is 14.5 Å². The number of hydrogen-bond donors (Lipinski definition) is 1. The van der Waals surface area contributed by atoms with Gasteiger partial charge in [0.15, 0.2) is 0 Å². The van der Waals surface area contributed by atoms with E-state index in [0.717, 1.165) is 48.5 Å². The number of rotatable bonds is 5. The van der Waals surface area contributed by atoms with Crippen molar-refractivity contribution in [3.05, 3.63) is 54.1 Å². The van der Waals surface area contributed by atoms with Crippen LogP contribution in [0.1, 0.15) is 24.2 Å². The summed E-state index contributed by atoms with van der Waals surface area (Å²) < 4.78 is 0. The van der Waals surface area contributed by atoms with E-state index in [-0.39, 0.29) is 11.1 Å². The summed E-state index contributed by atoms with van der Waals surface area (Å²) in [5, 5.41) is 2.88. The lowest BCUT2D eigenvalue weighted by molar-refractivity contribution is 0.102. The maximum Gasteiger partial charge on any atom is 0.285 e. The summed E-state index contributed by atoms with van der Waals surface area (Å²) in [6.07, 6.45) is 0. The molecule has 1 N–H and O–H groups in total. The molecule has 3 rings (SSSR count). The highest BCUT2D eigenvalue weighted by Gasteiger charge is 2.19. The van der Waals surface area contributed by atoms with Crippen LogP contribution in [0.15, 0.2) is 53.4 Å². The number of nitrogens with zero attached hydrogens (tertiary/aromatic N) is 3. The van der Waals surface area contributed by atoms with Crippen LogP contribution in [0.4, 0.5) is 16.2 Å². The van der Waals surface area contributed by atoms with Crippen molar-refractivity contribution in [1.29, 1.82) is 0 Å². The molecule has 0 spiro atoms. The quantitative estimate of drug-likeness (QED) is 0.725. The van der Waals surface area contributed by atoms with Crippen LogP contribution in [-0.4, -0.2) is 67.3 Å². The minimum Gasteiger partial charge on any atom is -0.369 e. The van der Waals surface area contributed by atoms with Crippen LogP contribution < -0.4 is 10.2 Å². The van der Waals surface area contributed by atoms with Gasteiger partial charge in [-0.1, -0.05) is 0 Å². The van der Waals surface area contributed by atoms with E-state index in [0.29, 0.717) is 17.3 Å². The highest BCUT2D eigenvalue weighted by Crippen LogP contribution is 2.23. The lowest BCUT2D eigenvalue weighted by Crippen LogP contribution is -2.48. The van der Waals surface area contributed by atoms with Crippen LogP contribution in [-0.2, 0) is 0 Å². The second-order valence-corrected chi connectivity index (χ2v) is 8.93. The first-order chi connectivity index (χ1) is 14.3. The zero-order valence-electron chi connectivity index (χ0n) is 18.1. The molecule has 2 amide bonds.